The highest BCUT2D eigenvalue weighted by atomic mass is 16.1. The van der Waals surface area contributed by atoms with E-state index in [0.29, 0.717) is 12.1 Å². The lowest BCUT2D eigenvalue weighted by molar-refractivity contribution is -0.116. The second-order valence-corrected chi connectivity index (χ2v) is 3.07. The smallest absolute Gasteiger partial charge is 0.244 e. The molecule has 0 spiro atoms. The minimum Gasteiger partial charge on any atom is -0.349 e. The van der Waals surface area contributed by atoms with Gasteiger partial charge in [-0.1, -0.05) is 24.3 Å². The first kappa shape index (κ1) is 11.7. The van der Waals surface area contributed by atoms with E-state index in [1.807, 2.05) is 6.07 Å². The molecule has 0 aromatic heterocycles. The number of carbonyl (C=O) groups is 1. The Kier molecular flexibility index (Phi) is 4.55. The molecule has 0 saturated carbocycles. The van der Waals surface area contributed by atoms with Crippen molar-refractivity contribution in [2.24, 2.45) is 0 Å². The number of hydrogen-bond donors (Lipinski definition) is 1. The Morgan fingerprint density at radius 3 is 2.94 bits per heavy atom. The summed E-state index contributed by atoms with van der Waals surface area (Å²) in [6.07, 6.45) is 4.63. The third-order valence-corrected chi connectivity index (χ3v) is 1.92. The molecule has 1 amide bonds. The third-order valence-electron chi connectivity index (χ3n) is 1.92. The fourth-order valence-corrected chi connectivity index (χ4v) is 1.14. The fourth-order valence-electron chi connectivity index (χ4n) is 1.14. The largest absolute Gasteiger partial charge is 0.349 e. The summed E-state index contributed by atoms with van der Waals surface area (Å²) in [4.78, 5) is 11.2. The van der Waals surface area contributed by atoms with Crippen LogP contribution in [-0.4, -0.2) is 12.5 Å². The van der Waals surface area contributed by atoms with Crippen LogP contribution in [-0.2, 0) is 4.79 Å². The van der Waals surface area contributed by atoms with E-state index in [0.717, 1.165) is 5.56 Å². The highest BCUT2D eigenvalue weighted by Crippen LogP contribution is 2.08. The zero-order chi connectivity index (χ0) is 11.8. The molecule has 1 N–H and O–H groups in total. The molecule has 1 aromatic carbocycles. The highest BCUT2D eigenvalue weighted by Gasteiger charge is 1.97. The van der Waals surface area contributed by atoms with Crippen molar-refractivity contribution in [3.8, 4) is 6.07 Å². The van der Waals surface area contributed by atoms with E-state index in [2.05, 4.69) is 18.0 Å². The second-order valence-electron chi connectivity index (χ2n) is 3.07. The van der Waals surface area contributed by atoms with Crippen LogP contribution >= 0.6 is 0 Å². The number of nitrogens with one attached hydrogen (secondary N) is 1. The Labute approximate surface area is 94.7 Å². The van der Waals surface area contributed by atoms with Crippen LogP contribution in [0.5, 0.6) is 0 Å². The molecule has 3 nitrogen and oxygen atoms in total. The Balaban J connectivity index is 2.73. The van der Waals surface area contributed by atoms with Crippen molar-refractivity contribution in [3.63, 3.8) is 0 Å². The lowest BCUT2D eigenvalue weighted by Crippen LogP contribution is -2.20. The summed E-state index contributed by atoms with van der Waals surface area (Å²) in [5.41, 5.74) is 1.29. The van der Waals surface area contributed by atoms with E-state index in [1.54, 1.807) is 30.4 Å². The van der Waals surface area contributed by atoms with Gasteiger partial charge in [0.15, 0.2) is 0 Å². The van der Waals surface area contributed by atoms with Crippen molar-refractivity contribution in [1.29, 1.82) is 5.26 Å². The standard InChI is InChI=1S/C13H12N2O/c1-2-9-15-13(16)8-7-11-5-3-4-6-12(11)10-14/h2-8H,1,9H2,(H,15,16). The summed E-state index contributed by atoms with van der Waals surface area (Å²) in [7, 11) is 0. The average molecular weight is 212 g/mol. The van der Waals surface area contributed by atoms with Gasteiger partial charge in [0.05, 0.1) is 11.6 Å². The number of benzene rings is 1. The molecule has 0 aliphatic carbocycles. The number of amides is 1. The van der Waals surface area contributed by atoms with E-state index in [1.165, 1.54) is 6.08 Å². The van der Waals surface area contributed by atoms with Crippen LogP contribution in [0.1, 0.15) is 11.1 Å². The van der Waals surface area contributed by atoms with Gasteiger partial charge < -0.3 is 5.32 Å². The number of hydrogen-bond acceptors (Lipinski definition) is 2. The van der Waals surface area contributed by atoms with Gasteiger partial charge in [-0.3, -0.25) is 4.79 Å². The van der Waals surface area contributed by atoms with Crippen LogP contribution in [0.15, 0.2) is 43.0 Å². The Bertz CT molecular complexity index is 455. The molecule has 3 heteroatoms. The Morgan fingerprint density at radius 1 is 1.50 bits per heavy atom. The van der Waals surface area contributed by atoms with E-state index >= 15 is 0 Å². The predicted octanol–water partition coefficient (Wildman–Crippen LogP) is 1.87. The van der Waals surface area contributed by atoms with Gasteiger partial charge >= 0.3 is 0 Å². The molecule has 80 valence electrons. The minimum absolute atomic E-state index is 0.201. The Morgan fingerprint density at radius 2 is 2.25 bits per heavy atom. The molecule has 0 bridgehead atoms. The maximum Gasteiger partial charge on any atom is 0.244 e. The molecule has 0 atom stereocenters. The van der Waals surface area contributed by atoms with Gasteiger partial charge in [-0.2, -0.15) is 5.26 Å². The second kappa shape index (κ2) is 6.20. The van der Waals surface area contributed by atoms with Gasteiger partial charge in [-0.25, -0.2) is 0 Å². The van der Waals surface area contributed by atoms with Crippen LogP contribution in [0.25, 0.3) is 6.08 Å². The molecular weight excluding hydrogens is 200 g/mol. The highest BCUT2D eigenvalue weighted by molar-refractivity contribution is 5.92. The van der Waals surface area contributed by atoms with Gasteiger partial charge in [0.2, 0.25) is 5.91 Å². The van der Waals surface area contributed by atoms with E-state index in [9.17, 15) is 4.79 Å². The first-order valence-corrected chi connectivity index (χ1v) is 4.84. The van der Waals surface area contributed by atoms with Crippen LogP contribution in [0.3, 0.4) is 0 Å². The van der Waals surface area contributed by atoms with Crippen molar-refractivity contribution in [1.82, 2.24) is 5.32 Å². The van der Waals surface area contributed by atoms with Crippen molar-refractivity contribution >= 4 is 12.0 Å². The van der Waals surface area contributed by atoms with Gasteiger partial charge in [0, 0.05) is 12.6 Å². The minimum atomic E-state index is -0.201. The van der Waals surface area contributed by atoms with Crippen molar-refractivity contribution in [2.75, 3.05) is 6.54 Å². The van der Waals surface area contributed by atoms with Crippen molar-refractivity contribution < 1.29 is 4.79 Å². The third kappa shape index (κ3) is 3.43. The summed E-state index contributed by atoms with van der Waals surface area (Å²) < 4.78 is 0. The average Bonchev–Trinajstić information content (AvgIpc) is 2.34. The number of nitrogens with zero attached hydrogens (tertiary/aromatic N) is 1. The summed E-state index contributed by atoms with van der Waals surface area (Å²) >= 11 is 0. The van der Waals surface area contributed by atoms with Crippen molar-refractivity contribution in [3.05, 3.63) is 54.1 Å². The molecule has 0 aliphatic rings. The van der Waals surface area contributed by atoms with Gasteiger partial charge in [-0.15, -0.1) is 6.58 Å². The zero-order valence-corrected chi connectivity index (χ0v) is 8.81. The van der Waals surface area contributed by atoms with E-state index in [4.69, 9.17) is 5.26 Å². The number of nitriles is 1. The van der Waals surface area contributed by atoms with Crippen molar-refractivity contribution in [2.45, 2.75) is 0 Å². The molecule has 0 fully saturated rings. The first-order valence-electron chi connectivity index (χ1n) is 4.84. The van der Waals surface area contributed by atoms with E-state index in [-0.39, 0.29) is 5.91 Å². The Hall–Kier alpha value is -2.34. The van der Waals surface area contributed by atoms with E-state index < -0.39 is 0 Å². The monoisotopic (exact) mass is 212 g/mol. The normalized spacial score (nSPS) is 9.69. The summed E-state index contributed by atoms with van der Waals surface area (Å²) in [6.45, 7) is 3.93. The summed E-state index contributed by atoms with van der Waals surface area (Å²) in [5, 5.41) is 11.4. The summed E-state index contributed by atoms with van der Waals surface area (Å²) in [6, 6.07) is 9.17. The molecule has 0 radical (unpaired) electrons. The molecule has 16 heavy (non-hydrogen) atoms. The predicted molar refractivity (Wildman–Crippen MR) is 63.4 cm³/mol. The topological polar surface area (TPSA) is 52.9 Å². The van der Waals surface area contributed by atoms with Gasteiger partial charge in [0.25, 0.3) is 0 Å². The first-order chi connectivity index (χ1) is 7.77. The van der Waals surface area contributed by atoms with Crippen LogP contribution in [0, 0.1) is 11.3 Å². The molecule has 1 rings (SSSR count). The molecular formula is C13H12N2O. The number of carbonyl (C=O) groups excluding carboxylic acids is 1. The molecule has 0 saturated heterocycles. The zero-order valence-electron chi connectivity index (χ0n) is 8.81. The number of rotatable bonds is 4. The van der Waals surface area contributed by atoms with Gasteiger partial charge in [-0.05, 0) is 17.7 Å². The molecule has 0 unspecified atom stereocenters. The lowest BCUT2D eigenvalue weighted by atomic mass is 10.1. The van der Waals surface area contributed by atoms with Gasteiger partial charge in [0.1, 0.15) is 0 Å². The summed E-state index contributed by atoms with van der Waals surface area (Å²) in [5.74, 6) is -0.201. The lowest BCUT2D eigenvalue weighted by Gasteiger charge is -1.97. The van der Waals surface area contributed by atoms with Crippen LogP contribution < -0.4 is 5.32 Å². The van der Waals surface area contributed by atoms with Crippen LogP contribution in [0.4, 0.5) is 0 Å². The maximum atomic E-state index is 11.2. The van der Waals surface area contributed by atoms with Crippen LogP contribution in [0.2, 0.25) is 0 Å². The molecule has 1 aromatic rings. The molecule has 0 heterocycles. The maximum absolute atomic E-state index is 11.2. The fraction of sp³-hybridized carbons (Fsp3) is 0.0769. The molecule has 0 aliphatic heterocycles. The quantitative estimate of drug-likeness (QED) is 0.612. The SMILES string of the molecule is C=CCNC(=O)C=Cc1ccccc1C#N.